The van der Waals surface area contributed by atoms with Crippen LogP contribution in [0.25, 0.3) is 0 Å². The van der Waals surface area contributed by atoms with Gasteiger partial charge < -0.3 is 24.6 Å². The number of nitrogens with one attached hydrogen (secondary N) is 2. The number of anilines is 2. The van der Waals surface area contributed by atoms with Gasteiger partial charge >= 0.3 is 0 Å². The molecule has 208 valence electrons. The van der Waals surface area contributed by atoms with Crippen LogP contribution in [0.3, 0.4) is 0 Å². The van der Waals surface area contributed by atoms with Crippen LogP contribution in [0.4, 0.5) is 11.5 Å². The van der Waals surface area contributed by atoms with Crippen molar-refractivity contribution in [1.82, 2.24) is 10.5 Å². The minimum absolute atomic E-state index is 0.177. The van der Waals surface area contributed by atoms with Crippen LogP contribution in [0.15, 0.2) is 53.1 Å². The molecule has 0 spiro atoms. The lowest BCUT2D eigenvalue weighted by Gasteiger charge is -2.35. The third kappa shape index (κ3) is 7.73. The highest BCUT2D eigenvalue weighted by molar-refractivity contribution is 6.31. The molecule has 0 saturated carbocycles. The molecular formula is C28H33ClN4O6. The van der Waals surface area contributed by atoms with E-state index in [-0.39, 0.29) is 24.3 Å². The zero-order valence-corrected chi connectivity index (χ0v) is 23.6. The topological polar surface area (TPSA) is 123 Å². The molecule has 0 saturated heterocycles. The first kappa shape index (κ1) is 29.5. The smallest absolute Gasteiger partial charge is 0.248 e. The molecule has 2 aromatic carbocycles. The molecule has 0 bridgehead atoms. The molecule has 1 heterocycles. The number of halogens is 1. The van der Waals surface area contributed by atoms with Crippen molar-refractivity contribution in [3.05, 3.63) is 64.9 Å². The van der Waals surface area contributed by atoms with Crippen molar-refractivity contribution in [3.8, 4) is 11.5 Å². The van der Waals surface area contributed by atoms with Crippen LogP contribution >= 0.6 is 11.6 Å². The second-order valence-electron chi connectivity index (χ2n) is 9.84. The number of amides is 3. The molecule has 2 N–H and O–H groups in total. The van der Waals surface area contributed by atoms with Crippen molar-refractivity contribution in [3.63, 3.8) is 0 Å². The predicted molar refractivity (Wildman–Crippen MR) is 148 cm³/mol. The normalized spacial score (nSPS) is 11.9. The maximum Gasteiger partial charge on any atom is 0.248 e. The minimum Gasteiger partial charge on any atom is -0.497 e. The van der Waals surface area contributed by atoms with Gasteiger partial charge in [0.15, 0.2) is 5.82 Å². The summed E-state index contributed by atoms with van der Waals surface area (Å²) < 4.78 is 15.9. The number of hydrogen-bond donors (Lipinski definition) is 2. The lowest BCUT2D eigenvalue weighted by atomic mass is 9.99. The standard InChI is InChI=1S/C28H33ClN4O6/c1-17-15-23(32-39-17)30-24(34)13-14-25(35)33(21-16-18(37-5)11-12-22(21)38-6)26(27(36)31-28(2,3)4)19-9-7-8-10-20(19)29/h7-12,15-16,26H,13-14H2,1-6H3,(H,31,36)(H,30,32,34)/t26-/m0/s1. The second kappa shape index (κ2) is 12.7. The van der Waals surface area contributed by atoms with Crippen molar-refractivity contribution in [2.45, 2.75) is 52.1 Å². The van der Waals surface area contributed by atoms with E-state index in [1.807, 2.05) is 20.8 Å². The van der Waals surface area contributed by atoms with Crippen molar-refractivity contribution in [1.29, 1.82) is 0 Å². The molecule has 0 radical (unpaired) electrons. The van der Waals surface area contributed by atoms with E-state index in [4.69, 9.17) is 25.6 Å². The van der Waals surface area contributed by atoms with Gasteiger partial charge in [-0.15, -0.1) is 0 Å². The first-order valence-electron chi connectivity index (χ1n) is 12.3. The summed E-state index contributed by atoms with van der Waals surface area (Å²) in [6.45, 7) is 7.21. The lowest BCUT2D eigenvalue weighted by Crippen LogP contribution is -2.49. The van der Waals surface area contributed by atoms with E-state index >= 15 is 0 Å². The summed E-state index contributed by atoms with van der Waals surface area (Å²) in [5.41, 5.74) is 0.0735. The number of rotatable bonds is 10. The second-order valence-corrected chi connectivity index (χ2v) is 10.2. The summed E-state index contributed by atoms with van der Waals surface area (Å²) in [6.07, 6.45) is -0.406. The summed E-state index contributed by atoms with van der Waals surface area (Å²) in [6, 6.07) is 12.1. The zero-order chi connectivity index (χ0) is 28.7. The number of carbonyl (C=O) groups is 3. The quantitative estimate of drug-likeness (QED) is 0.358. The first-order chi connectivity index (χ1) is 18.4. The number of nitrogens with zero attached hydrogens (tertiary/aromatic N) is 2. The van der Waals surface area contributed by atoms with Gasteiger partial charge in [-0.05, 0) is 45.9 Å². The third-order valence-electron chi connectivity index (χ3n) is 5.58. The molecule has 3 amide bonds. The molecule has 3 rings (SSSR count). The van der Waals surface area contributed by atoms with Crippen molar-refractivity contribution in [2.75, 3.05) is 24.4 Å². The Kier molecular flexibility index (Phi) is 9.58. The summed E-state index contributed by atoms with van der Waals surface area (Å²) in [7, 11) is 2.95. The van der Waals surface area contributed by atoms with Crippen LogP contribution in [-0.2, 0) is 14.4 Å². The van der Waals surface area contributed by atoms with E-state index in [1.165, 1.54) is 19.1 Å². The van der Waals surface area contributed by atoms with Gasteiger partial charge in [-0.1, -0.05) is 35.0 Å². The predicted octanol–water partition coefficient (Wildman–Crippen LogP) is 5.06. The molecule has 39 heavy (non-hydrogen) atoms. The Labute approximate surface area is 232 Å². The Morgan fingerprint density at radius 3 is 2.36 bits per heavy atom. The van der Waals surface area contributed by atoms with Gasteiger partial charge in [0.25, 0.3) is 0 Å². The first-order valence-corrected chi connectivity index (χ1v) is 12.6. The van der Waals surface area contributed by atoms with Gasteiger partial charge in [-0.3, -0.25) is 19.3 Å². The summed E-state index contributed by atoms with van der Waals surface area (Å²) >= 11 is 6.57. The van der Waals surface area contributed by atoms with Crippen molar-refractivity contribution < 1.29 is 28.4 Å². The number of methoxy groups -OCH3 is 2. The molecule has 10 nitrogen and oxygen atoms in total. The van der Waals surface area contributed by atoms with Gasteiger partial charge in [0.2, 0.25) is 17.7 Å². The Morgan fingerprint density at radius 2 is 1.77 bits per heavy atom. The molecule has 0 aliphatic carbocycles. The number of benzene rings is 2. The van der Waals surface area contributed by atoms with Gasteiger partial charge in [0.05, 0.1) is 19.9 Å². The van der Waals surface area contributed by atoms with E-state index in [0.29, 0.717) is 27.8 Å². The molecule has 11 heteroatoms. The minimum atomic E-state index is -1.19. The fourth-order valence-corrected chi connectivity index (χ4v) is 4.15. The van der Waals surface area contributed by atoms with E-state index in [1.54, 1.807) is 55.5 Å². The van der Waals surface area contributed by atoms with Gasteiger partial charge in [-0.2, -0.15) is 0 Å². The highest BCUT2D eigenvalue weighted by Crippen LogP contribution is 2.40. The van der Waals surface area contributed by atoms with Crippen LogP contribution < -0.4 is 25.0 Å². The van der Waals surface area contributed by atoms with E-state index in [0.717, 1.165) is 0 Å². The van der Waals surface area contributed by atoms with Crippen LogP contribution in [0.1, 0.15) is 51.0 Å². The number of ether oxygens (including phenoxy) is 2. The van der Waals surface area contributed by atoms with Gasteiger partial charge in [0.1, 0.15) is 23.3 Å². The number of aryl methyl sites for hydroxylation is 1. The third-order valence-corrected chi connectivity index (χ3v) is 5.92. The molecule has 1 atom stereocenters. The molecule has 0 unspecified atom stereocenters. The van der Waals surface area contributed by atoms with Crippen molar-refractivity contribution >= 4 is 40.8 Å². The van der Waals surface area contributed by atoms with Gasteiger partial charge in [0, 0.05) is 41.1 Å². The van der Waals surface area contributed by atoms with Crippen LogP contribution in [0, 0.1) is 6.92 Å². The molecule has 0 aliphatic heterocycles. The van der Waals surface area contributed by atoms with Crippen LogP contribution in [0.5, 0.6) is 11.5 Å². The van der Waals surface area contributed by atoms with Crippen LogP contribution in [-0.4, -0.2) is 42.6 Å². The molecule has 0 aliphatic rings. The highest BCUT2D eigenvalue weighted by Gasteiger charge is 2.37. The summed E-state index contributed by atoms with van der Waals surface area (Å²) in [5, 5.41) is 9.59. The average molecular weight is 557 g/mol. The average Bonchev–Trinajstić information content (AvgIpc) is 3.29. The Morgan fingerprint density at radius 1 is 1.05 bits per heavy atom. The molecule has 0 fully saturated rings. The Bertz CT molecular complexity index is 1330. The maximum atomic E-state index is 14.0. The zero-order valence-electron chi connectivity index (χ0n) is 22.8. The fraction of sp³-hybridized carbons (Fsp3) is 0.357. The Hall–Kier alpha value is -4.05. The Balaban J connectivity index is 2.08. The lowest BCUT2D eigenvalue weighted by molar-refractivity contribution is -0.128. The van der Waals surface area contributed by atoms with Crippen molar-refractivity contribution in [2.24, 2.45) is 0 Å². The molecule has 3 aromatic rings. The van der Waals surface area contributed by atoms with E-state index in [2.05, 4.69) is 15.8 Å². The van der Waals surface area contributed by atoms with Crippen LogP contribution in [0.2, 0.25) is 5.02 Å². The largest absolute Gasteiger partial charge is 0.497 e. The highest BCUT2D eigenvalue weighted by atomic mass is 35.5. The SMILES string of the molecule is COc1ccc(OC)c(N(C(=O)CCC(=O)Nc2cc(C)on2)[C@H](C(=O)NC(C)(C)C)c2ccccc2Cl)c1. The summed E-state index contributed by atoms with van der Waals surface area (Å²) in [4.78, 5) is 41.7. The fourth-order valence-electron chi connectivity index (χ4n) is 3.91. The molecule has 1 aromatic heterocycles. The molecular weight excluding hydrogens is 524 g/mol. The number of aromatic nitrogens is 1. The monoisotopic (exact) mass is 556 g/mol. The number of hydrogen-bond acceptors (Lipinski definition) is 7. The van der Waals surface area contributed by atoms with E-state index < -0.39 is 29.3 Å². The van der Waals surface area contributed by atoms with E-state index in [9.17, 15) is 14.4 Å². The maximum absolute atomic E-state index is 14.0. The summed E-state index contributed by atoms with van der Waals surface area (Å²) in [5.74, 6) is 0.130. The number of carbonyl (C=O) groups excluding carboxylic acids is 3. The van der Waals surface area contributed by atoms with Gasteiger partial charge in [-0.25, -0.2) is 0 Å².